The van der Waals surface area contributed by atoms with Crippen molar-refractivity contribution in [2.45, 2.75) is 51.1 Å². The van der Waals surface area contributed by atoms with Gasteiger partial charge in [-0.15, -0.1) is 0 Å². The molecule has 0 aliphatic heterocycles. The standard InChI is InChI=1S/C14H24N4O2/c19-8-7-15-14(20)11-18-10-13(9-16-18)17-12-5-3-1-2-4-6-12/h9-10,12,17,19H,1-8,11H2,(H,15,20). The van der Waals surface area contributed by atoms with Gasteiger partial charge in [0.1, 0.15) is 6.54 Å². The second-order valence-corrected chi connectivity index (χ2v) is 5.33. The largest absolute Gasteiger partial charge is 0.395 e. The van der Waals surface area contributed by atoms with Gasteiger partial charge in [-0.1, -0.05) is 25.7 Å². The van der Waals surface area contributed by atoms with Gasteiger partial charge in [0.2, 0.25) is 5.91 Å². The first-order valence-electron chi connectivity index (χ1n) is 7.44. The molecular formula is C14H24N4O2. The predicted octanol–water partition coefficient (Wildman–Crippen LogP) is 1.13. The smallest absolute Gasteiger partial charge is 0.241 e. The van der Waals surface area contributed by atoms with E-state index in [0.29, 0.717) is 6.04 Å². The number of aliphatic hydroxyl groups is 1. The zero-order chi connectivity index (χ0) is 14.2. The summed E-state index contributed by atoms with van der Waals surface area (Å²) in [5, 5.41) is 18.9. The van der Waals surface area contributed by atoms with E-state index in [2.05, 4.69) is 15.7 Å². The SMILES string of the molecule is O=C(Cn1cc(NC2CCCCCC2)cn1)NCCO. The topological polar surface area (TPSA) is 79.2 Å². The zero-order valence-corrected chi connectivity index (χ0v) is 11.8. The maximum Gasteiger partial charge on any atom is 0.241 e. The summed E-state index contributed by atoms with van der Waals surface area (Å²) >= 11 is 0. The normalized spacial score (nSPS) is 16.6. The van der Waals surface area contributed by atoms with Gasteiger partial charge >= 0.3 is 0 Å². The van der Waals surface area contributed by atoms with Crippen LogP contribution in [0.5, 0.6) is 0 Å². The Morgan fingerprint density at radius 3 is 2.80 bits per heavy atom. The van der Waals surface area contributed by atoms with Crippen molar-refractivity contribution in [2.75, 3.05) is 18.5 Å². The average molecular weight is 280 g/mol. The first-order valence-corrected chi connectivity index (χ1v) is 7.44. The summed E-state index contributed by atoms with van der Waals surface area (Å²) in [6.07, 6.45) is 11.3. The van der Waals surface area contributed by atoms with Gasteiger partial charge < -0.3 is 15.7 Å². The summed E-state index contributed by atoms with van der Waals surface area (Å²) < 4.78 is 1.62. The minimum Gasteiger partial charge on any atom is -0.395 e. The highest BCUT2D eigenvalue weighted by atomic mass is 16.3. The average Bonchev–Trinajstić information content (AvgIpc) is 2.71. The van der Waals surface area contributed by atoms with Crippen LogP contribution in [0.4, 0.5) is 5.69 Å². The number of amides is 1. The van der Waals surface area contributed by atoms with E-state index in [0.717, 1.165) is 5.69 Å². The van der Waals surface area contributed by atoms with Crippen molar-refractivity contribution in [3.63, 3.8) is 0 Å². The Balaban J connectivity index is 1.80. The molecule has 1 heterocycles. The molecule has 1 amide bonds. The van der Waals surface area contributed by atoms with E-state index in [4.69, 9.17) is 5.11 Å². The number of carbonyl (C=O) groups is 1. The number of hydrogen-bond acceptors (Lipinski definition) is 4. The molecule has 6 heteroatoms. The lowest BCUT2D eigenvalue weighted by Crippen LogP contribution is -2.30. The molecule has 20 heavy (non-hydrogen) atoms. The molecule has 0 bridgehead atoms. The van der Waals surface area contributed by atoms with Crippen LogP contribution in [0.1, 0.15) is 38.5 Å². The second-order valence-electron chi connectivity index (χ2n) is 5.33. The Morgan fingerprint density at radius 1 is 1.35 bits per heavy atom. The lowest BCUT2D eigenvalue weighted by atomic mass is 10.1. The first-order chi connectivity index (χ1) is 9.78. The molecule has 0 aromatic carbocycles. The molecule has 1 aliphatic carbocycles. The van der Waals surface area contributed by atoms with Crippen LogP contribution in [-0.4, -0.2) is 40.0 Å². The summed E-state index contributed by atoms with van der Waals surface area (Å²) in [4.78, 5) is 11.5. The molecule has 0 spiro atoms. The van der Waals surface area contributed by atoms with Crippen molar-refractivity contribution >= 4 is 11.6 Å². The van der Waals surface area contributed by atoms with Crippen LogP contribution in [0.15, 0.2) is 12.4 Å². The van der Waals surface area contributed by atoms with E-state index >= 15 is 0 Å². The Morgan fingerprint density at radius 2 is 2.10 bits per heavy atom. The van der Waals surface area contributed by atoms with Gasteiger partial charge in [0.05, 0.1) is 18.5 Å². The summed E-state index contributed by atoms with van der Waals surface area (Å²) in [6, 6.07) is 0.526. The fourth-order valence-electron chi connectivity index (χ4n) is 2.58. The van der Waals surface area contributed by atoms with Crippen molar-refractivity contribution in [3.05, 3.63) is 12.4 Å². The monoisotopic (exact) mass is 280 g/mol. The van der Waals surface area contributed by atoms with Gasteiger partial charge in [-0.3, -0.25) is 9.48 Å². The molecule has 1 aromatic rings. The number of carbonyl (C=O) groups excluding carboxylic acids is 1. The van der Waals surface area contributed by atoms with Crippen LogP contribution in [0.3, 0.4) is 0 Å². The van der Waals surface area contributed by atoms with Crippen LogP contribution in [-0.2, 0) is 11.3 Å². The Labute approximate surface area is 119 Å². The number of nitrogens with one attached hydrogen (secondary N) is 2. The highest BCUT2D eigenvalue weighted by Gasteiger charge is 2.13. The molecule has 0 atom stereocenters. The summed E-state index contributed by atoms with van der Waals surface area (Å²) in [5.74, 6) is -0.136. The van der Waals surface area contributed by atoms with Gasteiger partial charge in [0.15, 0.2) is 0 Å². The summed E-state index contributed by atoms with van der Waals surface area (Å²) in [6.45, 7) is 0.430. The number of hydrogen-bond donors (Lipinski definition) is 3. The molecule has 0 unspecified atom stereocenters. The maximum absolute atomic E-state index is 11.5. The van der Waals surface area contributed by atoms with Crippen molar-refractivity contribution < 1.29 is 9.90 Å². The number of aliphatic hydroxyl groups excluding tert-OH is 1. The van der Waals surface area contributed by atoms with Crippen LogP contribution >= 0.6 is 0 Å². The van der Waals surface area contributed by atoms with Crippen molar-refractivity contribution in [1.29, 1.82) is 0 Å². The van der Waals surface area contributed by atoms with E-state index in [9.17, 15) is 4.79 Å². The van der Waals surface area contributed by atoms with Crippen LogP contribution < -0.4 is 10.6 Å². The van der Waals surface area contributed by atoms with E-state index in [1.54, 1.807) is 10.9 Å². The van der Waals surface area contributed by atoms with Crippen molar-refractivity contribution in [3.8, 4) is 0 Å². The molecule has 6 nitrogen and oxygen atoms in total. The van der Waals surface area contributed by atoms with Crippen LogP contribution in [0.25, 0.3) is 0 Å². The molecule has 1 fully saturated rings. The van der Waals surface area contributed by atoms with E-state index in [-0.39, 0.29) is 25.6 Å². The minimum atomic E-state index is -0.136. The third-order valence-corrected chi connectivity index (χ3v) is 3.60. The van der Waals surface area contributed by atoms with Crippen LogP contribution in [0, 0.1) is 0 Å². The van der Waals surface area contributed by atoms with Crippen molar-refractivity contribution in [2.24, 2.45) is 0 Å². The first kappa shape index (κ1) is 14.8. The van der Waals surface area contributed by atoms with Gasteiger partial charge in [0.25, 0.3) is 0 Å². The molecule has 3 N–H and O–H groups in total. The number of nitrogens with zero attached hydrogens (tertiary/aromatic N) is 2. The molecule has 1 aliphatic rings. The Bertz CT molecular complexity index is 411. The van der Waals surface area contributed by atoms with Gasteiger partial charge in [-0.05, 0) is 12.8 Å². The lowest BCUT2D eigenvalue weighted by molar-refractivity contribution is -0.122. The zero-order valence-electron chi connectivity index (χ0n) is 11.8. The third kappa shape index (κ3) is 4.85. The van der Waals surface area contributed by atoms with Gasteiger partial charge in [-0.25, -0.2) is 0 Å². The third-order valence-electron chi connectivity index (χ3n) is 3.60. The summed E-state index contributed by atoms with van der Waals surface area (Å²) in [7, 11) is 0. The Kier molecular flexibility index (Phi) is 5.86. The minimum absolute atomic E-state index is 0.0423. The van der Waals surface area contributed by atoms with Crippen LogP contribution in [0.2, 0.25) is 0 Å². The fourth-order valence-corrected chi connectivity index (χ4v) is 2.58. The summed E-state index contributed by atoms with van der Waals surface area (Å²) in [5.41, 5.74) is 0.979. The number of anilines is 1. The van der Waals surface area contributed by atoms with Crippen molar-refractivity contribution in [1.82, 2.24) is 15.1 Å². The van der Waals surface area contributed by atoms with E-state index in [1.165, 1.54) is 38.5 Å². The quantitative estimate of drug-likeness (QED) is 0.682. The Hall–Kier alpha value is -1.56. The van der Waals surface area contributed by atoms with E-state index in [1.807, 2.05) is 6.20 Å². The highest BCUT2D eigenvalue weighted by molar-refractivity contribution is 5.75. The molecule has 112 valence electrons. The number of aromatic nitrogens is 2. The maximum atomic E-state index is 11.5. The number of rotatable bonds is 6. The predicted molar refractivity (Wildman–Crippen MR) is 77.4 cm³/mol. The molecule has 1 saturated carbocycles. The highest BCUT2D eigenvalue weighted by Crippen LogP contribution is 2.20. The molecule has 0 radical (unpaired) electrons. The second kappa shape index (κ2) is 7.89. The molecule has 1 aromatic heterocycles. The molecule has 2 rings (SSSR count). The molecular weight excluding hydrogens is 256 g/mol. The fraction of sp³-hybridized carbons (Fsp3) is 0.714. The molecule has 0 saturated heterocycles. The van der Waals surface area contributed by atoms with Gasteiger partial charge in [0, 0.05) is 18.8 Å². The van der Waals surface area contributed by atoms with Gasteiger partial charge in [-0.2, -0.15) is 5.10 Å². The lowest BCUT2D eigenvalue weighted by Gasteiger charge is -2.15. The van der Waals surface area contributed by atoms with E-state index < -0.39 is 0 Å².